The van der Waals surface area contributed by atoms with Crippen LogP contribution in [-0.2, 0) is 6.42 Å². The van der Waals surface area contributed by atoms with E-state index in [0.29, 0.717) is 11.8 Å². The average Bonchev–Trinajstić information content (AvgIpc) is 2.26. The number of hydrogen-bond acceptors (Lipinski definition) is 2. The molecular formula is C13H16O2. The van der Waals surface area contributed by atoms with Crippen LogP contribution in [0.3, 0.4) is 0 Å². The molecule has 2 nitrogen and oxygen atoms in total. The fourth-order valence-electron chi connectivity index (χ4n) is 3.04. The molecule has 0 amide bonds. The summed E-state index contributed by atoms with van der Waals surface area (Å²) in [4.78, 5) is 0. The number of aliphatic hydroxyl groups excluding tert-OH is 1. The molecule has 0 saturated heterocycles. The molecule has 0 heterocycles. The van der Waals surface area contributed by atoms with Gasteiger partial charge in [-0.25, -0.2) is 0 Å². The highest BCUT2D eigenvalue weighted by atomic mass is 16.5. The van der Waals surface area contributed by atoms with E-state index in [1.807, 2.05) is 6.07 Å². The zero-order chi connectivity index (χ0) is 10.4. The van der Waals surface area contributed by atoms with Crippen molar-refractivity contribution in [2.75, 3.05) is 7.11 Å². The largest absolute Gasteiger partial charge is 0.497 e. The van der Waals surface area contributed by atoms with Gasteiger partial charge >= 0.3 is 0 Å². The van der Waals surface area contributed by atoms with Crippen LogP contribution >= 0.6 is 0 Å². The maximum Gasteiger partial charge on any atom is 0.119 e. The molecular weight excluding hydrogens is 188 g/mol. The molecule has 3 rings (SSSR count). The number of benzene rings is 1. The molecule has 3 atom stereocenters. The zero-order valence-electron chi connectivity index (χ0n) is 8.94. The number of aliphatic hydroxyl groups is 1. The smallest absolute Gasteiger partial charge is 0.119 e. The molecule has 1 N–H and O–H groups in total. The highest BCUT2D eigenvalue weighted by Gasteiger charge is 2.43. The molecule has 0 aliphatic heterocycles. The van der Waals surface area contributed by atoms with E-state index < -0.39 is 0 Å². The number of rotatable bonds is 1. The molecule has 1 saturated carbocycles. The summed E-state index contributed by atoms with van der Waals surface area (Å²) in [5.74, 6) is 2.08. The summed E-state index contributed by atoms with van der Waals surface area (Å²) in [7, 11) is 1.71. The van der Waals surface area contributed by atoms with Crippen LogP contribution in [0.25, 0.3) is 0 Å². The van der Waals surface area contributed by atoms with E-state index in [-0.39, 0.29) is 6.10 Å². The van der Waals surface area contributed by atoms with Gasteiger partial charge in [-0.2, -0.15) is 0 Å². The van der Waals surface area contributed by atoms with Gasteiger partial charge in [0.2, 0.25) is 0 Å². The summed E-state index contributed by atoms with van der Waals surface area (Å²) < 4.78 is 5.23. The molecule has 0 spiro atoms. The van der Waals surface area contributed by atoms with E-state index in [0.717, 1.165) is 25.0 Å². The highest BCUT2D eigenvalue weighted by molar-refractivity contribution is 5.41. The maximum atomic E-state index is 9.64. The minimum atomic E-state index is -0.0507. The highest BCUT2D eigenvalue weighted by Crippen LogP contribution is 2.50. The van der Waals surface area contributed by atoms with Crippen molar-refractivity contribution < 1.29 is 9.84 Å². The third-order valence-electron chi connectivity index (χ3n) is 4.00. The normalized spacial score (nSPS) is 32.5. The maximum absolute atomic E-state index is 9.64. The average molecular weight is 204 g/mol. The number of aryl methyl sites for hydroxylation is 1. The first-order valence-corrected chi connectivity index (χ1v) is 5.64. The first-order chi connectivity index (χ1) is 7.29. The van der Waals surface area contributed by atoms with E-state index in [2.05, 4.69) is 12.1 Å². The van der Waals surface area contributed by atoms with Crippen LogP contribution in [0, 0.1) is 5.92 Å². The summed E-state index contributed by atoms with van der Waals surface area (Å²) in [6.45, 7) is 0. The van der Waals surface area contributed by atoms with E-state index in [1.165, 1.54) is 11.1 Å². The summed E-state index contributed by atoms with van der Waals surface area (Å²) >= 11 is 0. The second-order valence-corrected chi connectivity index (χ2v) is 4.68. The van der Waals surface area contributed by atoms with Crippen molar-refractivity contribution in [1.82, 2.24) is 0 Å². The van der Waals surface area contributed by atoms with Crippen molar-refractivity contribution in [3.63, 3.8) is 0 Å². The van der Waals surface area contributed by atoms with Crippen LogP contribution in [0.2, 0.25) is 0 Å². The van der Waals surface area contributed by atoms with Gasteiger partial charge in [0.25, 0.3) is 0 Å². The van der Waals surface area contributed by atoms with Crippen LogP contribution < -0.4 is 4.74 Å². The molecule has 0 radical (unpaired) electrons. The Kier molecular flexibility index (Phi) is 1.99. The number of fused-ring (bicyclic) bond motifs is 3. The summed E-state index contributed by atoms with van der Waals surface area (Å²) in [5, 5.41) is 9.64. The minimum absolute atomic E-state index is 0.0507. The molecule has 0 bridgehead atoms. The van der Waals surface area contributed by atoms with Gasteiger partial charge < -0.3 is 9.84 Å². The van der Waals surface area contributed by atoms with Crippen molar-refractivity contribution in [1.29, 1.82) is 0 Å². The van der Waals surface area contributed by atoms with Crippen LogP contribution in [0.1, 0.15) is 29.9 Å². The van der Waals surface area contributed by atoms with Crippen molar-refractivity contribution in [3.8, 4) is 5.75 Å². The number of hydrogen-bond donors (Lipinski definition) is 1. The first-order valence-electron chi connectivity index (χ1n) is 5.64. The summed E-state index contributed by atoms with van der Waals surface area (Å²) in [6.07, 6.45) is 3.12. The summed E-state index contributed by atoms with van der Waals surface area (Å²) in [5.41, 5.74) is 2.86. The molecule has 2 aliphatic carbocycles. The van der Waals surface area contributed by atoms with E-state index in [9.17, 15) is 5.11 Å². The molecule has 1 fully saturated rings. The van der Waals surface area contributed by atoms with Crippen LogP contribution in [0.4, 0.5) is 0 Å². The monoisotopic (exact) mass is 204 g/mol. The van der Waals surface area contributed by atoms with Gasteiger partial charge in [-0.1, -0.05) is 6.07 Å². The van der Waals surface area contributed by atoms with Gasteiger partial charge in [0.15, 0.2) is 0 Å². The first kappa shape index (κ1) is 9.22. The Hall–Kier alpha value is -1.02. The Bertz CT molecular complexity index is 386. The molecule has 2 heteroatoms. The third kappa shape index (κ3) is 1.28. The molecule has 2 aliphatic rings. The fraction of sp³-hybridized carbons (Fsp3) is 0.538. The molecule has 1 aromatic rings. The quantitative estimate of drug-likeness (QED) is 0.759. The second-order valence-electron chi connectivity index (χ2n) is 4.68. The standard InChI is InChI=1S/C13H16O2/c1-15-9-3-5-10-8(6-9)2-4-11-12(10)7-13(11)14/h3,5-6,11-14H,2,4,7H2,1H3. The molecule has 1 aromatic carbocycles. The third-order valence-corrected chi connectivity index (χ3v) is 4.00. The predicted octanol–water partition coefficient (Wildman–Crippen LogP) is 2.11. The van der Waals surface area contributed by atoms with E-state index in [4.69, 9.17) is 4.74 Å². The minimum Gasteiger partial charge on any atom is -0.497 e. The van der Waals surface area contributed by atoms with Crippen LogP contribution in [0.15, 0.2) is 18.2 Å². The lowest BCUT2D eigenvalue weighted by Crippen LogP contribution is -2.42. The van der Waals surface area contributed by atoms with Gasteiger partial charge in [0.1, 0.15) is 5.75 Å². The number of methoxy groups -OCH3 is 1. The van der Waals surface area contributed by atoms with Crippen LogP contribution in [-0.4, -0.2) is 18.3 Å². The second kappa shape index (κ2) is 3.24. The van der Waals surface area contributed by atoms with Gasteiger partial charge in [0, 0.05) is 0 Å². The Morgan fingerprint density at radius 3 is 3.00 bits per heavy atom. The van der Waals surface area contributed by atoms with Gasteiger partial charge in [-0.15, -0.1) is 0 Å². The zero-order valence-corrected chi connectivity index (χ0v) is 8.94. The van der Waals surface area contributed by atoms with Crippen molar-refractivity contribution in [3.05, 3.63) is 29.3 Å². The van der Waals surface area contributed by atoms with Crippen molar-refractivity contribution >= 4 is 0 Å². The van der Waals surface area contributed by atoms with Crippen molar-refractivity contribution in [2.45, 2.75) is 31.3 Å². The molecule has 3 unspecified atom stereocenters. The Morgan fingerprint density at radius 1 is 1.40 bits per heavy atom. The lowest BCUT2D eigenvalue weighted by Gasteiger charge is -2.46. The van der Waals surface area contributed by atoms with E-state index >= 15 is 0 Å². The van der Waals surface area contributed by atoms with Gasteiger partial charge in [0.05, 0.1) is 13.2 Å². The van der Waals surface area contributed by atoms with Crippen molar-refractivity contribution in [2.24, 2.45) is 5.92 Å². The topological polar surface area (TPSA) is 29.5 Å². The summed E-state index contributed by atoms with van der Waals surface area (Å²) in [6, 6.07) is 6.36. The van der Waals surface area contributed by atoms with Gasteiger partial charge in [-0.3, -0.25) is 0 Å². The SMILES string of the molecule is COc1ccc2c(c1)CCC1C(O)CC21. The number of ether oxygens (including phenoxy) is 1. The molecule has 15 heavy (non-hydrogen) atoms. The lowest BCUT2D eigenvalue weighted by molar-refractivity contribution is -0.00823. The predicted molar refractivity (Wildman–Crippen MR) is 58.2 cm³/mol. The Morgan fingerprint density at radius 2 is 2.27 bits per heavy atom. The molecule has 0 aromatic heterocycles. The Labute approximate surface area is 89.9 Å². The fourth-order valence-corrected chi connectivity index (χ4v) is 3.04. The van der Waals surface area contributed by atoms with Gasteiger partial charge in [-0.05, 0) is 54.4 Å². The lowest BCUT2D eigenvalue weighted by atomic mass is 9.61. The molecule has 80 valence electrons. The van der Waals surface area contributed by atoms with E-state index in [1.54, 1.807) is 7.11 Å². The van der Waals surface area contributed by atoms with Crippen LogP contribution in [0.5, 0.6) is 5.75 Å². The Balaban J connectivity index is 1.96.